The first-order chi connectivity index (χ1) is 14.0. The molecule has 1 aromatic carbocycles. The molecule has 0 radical (unpaired) electrons. The monoisotopic (exact) mass is 411 g/mol. The van der Waals surface area contributed by atoms with Gasteiger partial charge in [-0.25, -0.2) is 28.1 Å². The second-order valence-electron chi connectivity index (χ2n) is 6.72. The number of aryl methyl sites for hydroxylation is 1. The van der Waals surface area contributed by atoms with Crippen LogP contribution >= 0.6 is 0 Å². The molecule has 150 valence electrons. The van der Waals surface area contributed by atoms with E-state index in [0.717, 1.165) is 16.9 Å². The maximum atomic E-state index is 12.7. The van der Waals surface area contributed by atoms with E-state index < -0.39 is 10.0 Å². The topological polar surface area (TPSA) is 97.1 Å². The Morgan fingerprint density at radius 2 is 1.69 bits per heavy atom. The quantitative estimate of drug-likeness (QED) is 0.627. The number of anilines is 1. The predicted octanol–water partition coefficient (Wildman–Crippen LogP) is 1.49. The molecule has 3 aromatic rings. The van der Waals surface area contributed by atoms with E-state index in [1.165, 1.54) is 22.4 Å². The molecule has 0 spiro atoms. The number of sulfonamides is 1. The molecule has 1 aliphatic rings. The lowest BCUT2D eigenvalue weighted by molar-refractivity contribution is 0.389. The minimum Gasteiger partial charge on any atom is -0.354 e. The van der Waals surface area contributed by atoms with Crippen molar-refractivity contribution in [2.24, 2.45) is 0 Å². The lowest BCUT2D eigenvalue weighted by Crippen LogP contribution is -2.48. The van der Waals surface area contributed by atoms with Gasteiger partial charge in [0.05, 0.1) is 0 Å². The Balaban J connectivity index is 1.41. The van der Waals surface area contributed by atoms with Crippen molar-refractivity contribution in [1.29, 1.82) is 0 Å². The SMILES string of the molecule is Cc1ccc(C=CS(=O)(=O)N2CCN(c3cc(-n4cncn4)ncn3)CC2)cc1. The molecule has 1 saturated heterocycles. The van der Waals surface area contributed by atoms with Crippen LogP contribution in [-0.2, 0) is 10.0 Å². The lowest BCUT2D eigenvalue weighted by Gasteiger charge is -2.34. The largest absolute Gasteiger partial charge is 0.354 e. The fourth-order valence-corrected chi connectivity index (χ4v) is 4.24. The van der Waals surface area contributed by atoms with Gasteiger partial charge in [-0.05, 0) is 18.6 Å². The second kappa shape index (κ2) is 8.10. The van der Waals surface area contributed by atoms with Gasteiger partial charge in [0.25, 0.3) is 0 Å². The molecule has 0 N–H and O–H groups in total. The minimum atomic E-state index is -3.47. The first-order valence-corrected chi connectivity index (χ1v) is 10.7. The Kier molecular flexibility index (Phi) is 5.36. The van der Waals surface area contributed by atoms with Gasteiger partial charge < -0.3 is 4.90 Å². The van der Waals surface area contributed by atoms with Crippen molar-refractivity contribution in [2.45, 2.75) is 6.92 Å². The van der Waals surface area contributed by atoms with Crippen LogP contribution in [0.5, 0.6) is 0 Å². The summed E-state index contributed by atoms with van der Waals surface area (Å²) in [6.45, 7) is 3.87. The summed E-state index contributed by atoms with van der Waals surface area (Å²) in [6.07, 6.45) is 6.11. The molecule has 0 aliphatic carbocycles. The van der Waals surface area contributed by atoms with Gasteiger partial charge in [0, 0.05) is 37.7 Å². The van der Waals surface area contributed by atoms with Gasteiger partial charge in [-0.3, -0.25) is 0 Å². The Morgan fingerprint density at radius 3 is 2.38 bits per heavy atom. The molecule has 10 heteroatoms. The third-order valence-corrected chi connectivity index (χ3v) is 6.29. The van der Waals surface area contributed by atoms with Crippen LogP contribution < -0.4 is 4.90 Å². The van der Waals surface area contributed by atoms with E-state index in [4.69, 9.17) is 0 Å². The molecule has 9 nitrogen and oxygen atoms in total. The molecule has 0 bridgehead atoms. The number of hydrogen-bond donors (Lipinski definition) is 0. The lowest BCUT2D eigenvalue weighted by atomic mass is 10.2. The highest BCUT2D eigenvalue weighted by atomic mass is 32.2. The Hall–Kier alpha value is -3.11. The van der Waals surface area contributed by atoms with Crippen molar-refractivity contribution < 1.29 is 8.42 Å². The van der Waals surface area contributed by atoms with Gasteiger partial charge in [-0.15, -0.1) is 0 Å². The molecular formula is C19H21N7O2S. The van der Waals surface area contributed by atoms with Crippen LogP contribution in [0, 0.1) is 6.92 Å². The summed E-state index contributed by atoms with van der Waals surface area (Å²) in [6, 6.07) is 9.54. The van der Waals surface area contributed by atoms with E-state index in [-0.39, 0.29) is 0 Å². The Morgan fingerprint density at radius 1 is 0.966 bits per heavy atom. The van der Waals surface area contributed by atoms with Crippen molar-refractivity contribution in [1.82, 2.24) is 29.0 Å². The summed E-state index contributed by atoms with van der Waals surface area (Å²) in [5.74, 6) is 1.35. The fourth-order valence-electron chi connectivity index (χ4n) is 3.06. The molecule has 1 aliphatic heterocycles. The van der Waals surface area contributed by atoms with Crippen LogP contribution in [0.3, 0.4) is 0 Å². The zero-order valence-corrected chi connectivity index (χ0v) is 16.8. The molecule has 4 rings (SSSR count). The van der Waals surface area contributed by atoms with Gasteiger partial charge in [0.1, 0.15) is 24.8 Å². The highest BCUT2D eigenvalue weighted by molar-refractivity contribution is 7.92. The first-order valence-electron chi connectivity index (χ1n) is 9.18. The highest BCUT2D eigenvalue weighted by Gasteiger charge is 2.25. The van der Waals surface area contributed by atoms with Crippen LogP contribution in [0.25, 0.3) is 11.9 Å². The number of hydrogen-bond acceptors (Lipinski definition) is 7. The van der Waals surface area contributed by atoms with Gasteiger partial charge in [0.2, 0.25) is 10.0 Å². The summed E-state index contributed by atoms with van der Waals surface area (Å²) < 4.78 is 28.4. The van der Waals surface area contributed by atoms with E-state index in [1.54, 1.807) is 17.1 Å². The van der Waals surface area contributed by atoms with Crippen LogP contribution in [0.15, 0.2) is 54.7 Å². The normalized spacial score (nSPS) is 15.8. The number of benzene rings is 1. The Bertz CT molecular complexity index is 1090. The third kappa shape index (κ3) is 4.49. The van der Waals surface area contributed by atoms with Crippen molar-refractivity contribution in [3.63, 3.8) is 0 Å². The second-order valence-corrected chi connectivity index (χ2v) is 8.54. The zero-order chi connectivity index (χ0) is 20.3. The van der Waals surface area contributed by atoms with Crippen molar-refractivity contribution in [3.8, 4) is 5.82 Å². The summed E-state index contributed by atoms with van der Waals surface area (Å²) in [7, 11) is -3.47. The smallest absolute Gasteiger partial charge is 0.236 e. The van der Waals surface area contributed by atoms with Crippen LogP contribution in [0.2, 0.25) is 0 Å². The minimum absolute atomic E-state index is 0.392. The molecule has 2 aromatic heterocycles. The van der Waals surface area contributed by atoms with Crippen LogP contribution in [0.1, 0.15) is 11.1 Å². The average Bonchev–Trinajstić information content (AvgIpc) is 3.29. The average molecular weight is 411 g/mol. The summed E-state index contributed by atoms with van der Waals surface area (Å²) in [5.41, 5.74) is 2.00. The maximum absolute atomic E-state index is 12.7. The Labute approximate surface area is 169 Å². The van der Waals surface area contributed by atoms with Gasteiger partial charge >= 0.3 is 0 Å². The van der Waals surface area contributed by atoms with Gasteiger partial charge in [-0.2, -0.15) is 9.40 Å². The number of aromatic nitrogens is 5. The van der Waals surface area contributed by atoms with E-state index in [0.29, 0.717) is 32.0 Å². The number of rotatable bonds is 5. The summed E-state index contributed by atoms with van der Waals surface area (Å²) >= 11 is 0. The predicted molar refractivity (Wildman–Crippen MR) is 110 cm³/mol. The molecule has 3 heterocycles. The maximum Gasteiger partial charge on any atom is 0.236 e. The number of nitrogens with zero attached hydrogens (tertiary/aromatic N) is 7. The highest BCUT2D eigenvalue weighted by Crippen LogP contribution is 2.18. The van der Waals surface area contributed by atoms with Gasteiger partial charge in [-0.1, -0.05) is 29.8 Å². The molecule has 0 unspecified atom stereocenters. The van der Waals surface area contributed by atoms with E-state index >= 15 is 0 Å². The first kappa shape index (κ1) is 19.2. The molecule has 0 atom stereocenters. The van der Waals surface area contributed by atoms with E-state index in [2.05, 4.69) is 20.1 Å². The molecular weight excluding hydrogens is 390 g/mol. The zero-order valence-electron chi connectivity index (χ0n) is 16.0. The standard InChI is InChI=1S/C19H21N7O2S/c1-16-2-4-17(5-3-16)6-11-29(27,28)25-9-7-24(8-10-25)18-12-19(22-14-21-18)26-15-20-13-23-26/h2-6,11-15H,7-10H2,1H3. The summed E-state index contributed by atoms with van der Waals surface area (Å²) in [4.78, 5) is 14.5. The van der Waals surface area contributed by atoms with Crippen molar-refractivity contribution in [2.75, 3.05) is 31.1 Å². The van der Waals surface area contributed by atoms with Gasteiger partial charge in [0.15, 0.2) is 5.82 Å². The molecule has 0 amide bonds. The van der Waals surface area contributed by atoms with Crippen LogP contribution in [-0.4, -0.2) is 63.6 Å². The number of piperazine rings is 1. The van der Waals surface area contributed by atoms with E-state index in [1.807, 2.05) is 42.2 Å². The van der Waals surface area contributed by atoms with E-state index in [9.17, 15) is 8.42 Å². The van der Waals surface area contributed by atoms with Crippen LogP contribution in [0.4, 0.5) is 5.82 Å². The summed E-state index contributed by atoms with van der Waals surface area (Å²) in [5, 5.41) is 5.35. The van der Waals surface area contributed by atoms with Crippen molar-refractivity contribution >= 4 is 21.9 Å². The third-order valence-electron chi connectivity index (χ3n) is 4.72. The van der Waals surface area contributed by atoms with Crippen molar-refractivity contribution in [3.05, 3.63) is 65.8 Å². The fraction of sp³-hybridized carbons (Fsp3) is 0.263. The molecule has 0 saturated carbocycles. The molecule has 29 heavy (non-hydrogen) atoms. The molecule has 1 fully saturated rings.